The van der Waals surface area contributed by atoms with Gasteiger partial charge in [-0.05, 0) is 57.4 Å². The highest BCUT2D eigenvalue weighted by atomic mass is 79.9. The van der Waals surface area contributed by atoms with Crippen molar-refractivity contribution < 1.29 is 23.5 Å². The average Bonchev–Trinajstić information content (AvgIpc) is 3.24. The van der Waals surface area contributed by atoms with Crippen LogP contribution >= 0.6 is 31.9 Å². The first-order valence-corrected chi connectivity index (χ1v) is 11.0. The number of nitrogens with one attached hydrogen (secondary N) is 2. The molecule has 0 aliphatic carbocycles. The second kappa shape index (κ2) is 11.4. The Labute approximate surface area is 201 Å². The Hall–Kier alpha value is -3.17. The van der Waals surface area contributed by atoms with Gasteiger partial charge in [0.25, 0.3) is 11.8 Å². The van der Waals surface area contributed by atoms with Crippen LogP contribution in [0.1, 0.15) is 21.7 Å². The topological polar surface area (TPSA) is 97.6 Å². The van der Waals surface area contributed by atoms with E-state index in [4.69, 9.17) is 9.15 Å². The van der Waals surface area contributed by atoms with Gasteiger partial charge in [0.05, 0.1) is 0 Å². The fourth-order valence-electron chi connectivity index (χ4n) is 2.54. The average molecular weight is 562 g/mol. The number of benzene rings is 2. The van der Waals surface area contributed by atoms with Crippen LogP contribution in [0.5, 0.6) is 0 Å². The summed E-state index contributed by atoms with van der Waals surface area (Å²) in [5.41, 5.74) is 1.45. The fourth-order valence-corrected chi connectivity index (χ4v) is 3.11. The molecule has 7 nitrogen and oxygen atoms in total. The third kappa shape index (κ3) is 7.21. The van der Waals surface area contributed by atoms with Crippen LogP contribution in [0.4, 0.5) is 0 Å². The summed E-state index contributed by atoms with van der Waals surface area (Å²) in [6.45, 7) is -0.257. The van der Waals surface area contributed by atoms with Gasteiger partial charge in [-0.1, -0.05) is 58.4 Å². The molecule has 0 aliphatic rings. The number of hydrogen-bond acceptors (Lipinski definition) is 5. The molecule has 3 aromatic rings. The summed E-state index contributed by atoms with van der Waals surface area (Å²) in [5.74, 6) is -1.84. The lowest BCUT2D eigenvalue weighted by molar-refractivity contribution is -0.144. The number of hydrogen-bond donors (Lipinski definition) is 2. The fraction of sp³-hybridized carbons (Fsp3) is 0.0870. The van der Waals surface area contributed by atoms with E-state index < -0.39 is 17.8 Å². The van der Waals surface area contributed by atoms with Crippen LogP contribution in [0.3, 0.4) is 0 Å². The molecule has 0 saturated heterocycles. The van der Waals surface area contributed by atoms with E-state index in [1.54, 1.807) is 30.3 Å². The zero-order valence-electron chi connectivity index (χ0n) is 16.6. The number of rotatable bonds is 8. The molecule has 9 heteroatoms. The summed E-state index contributed by atoms with van der Waals surface area (Å²) in [7, 11) is 0. The summed E-state index contributed by atoms with van der Waals surface area (Å²) in [5, 5.41) is 4.99. The zero-order valence-corrected chi connectivity index (χ0v) is 19.8. The molecule has 0 aliphatic heterocycles. The van der Waals surface area contributed by atoms with Crippen molar-refractivity contribution in [2.24, 2.45) is 0 Å². The number of furan rings is 1. The molecule has 0 spiro atoms. The third-order valence-electron chi connectivity index (χ3n) is 4.11. The standard InChI is InChI=1S/C23H18Br2N2O5/c24-17-8-6-15(7-9-17)12-18(27-23(30)19-10-11-20(25)32-19)22(29)26-13-21(28)31-14-16-4-2-1-3-5-16/h1-12H,13-14H2,(H,26,29)(H,27,30)/b18-12+. The highest BCUT2D eigenvalue weighted by Crippen LogP contribution is 2.16. The lowest BCUT2D eigenvalue weighted by atomic mass is 10.2. The van der Waals surface area contributed by atoms with Crippen molar-refractivity contribution in [1.82, 2.24) is 10.6 Å². The molecule has 0 fully saturated rings. The number of halogens is 2. The molecule has 3 rings (SSSR count). The summed E-state index contributed by atoms with van der Waals surface area (Å²) in [6.07, 6.45) is 1.49. The van der Waals surface area contributed by atoms with E-state index in [0.29, 0.717) is 10.2 Å². The van der Waals surface area contributed by atoms with Crippen molar-refractivity contribution in [3.63, 3.8) is 0 Å². The Bertz CT molecular complexity index is 1120. The summed E-state index contributed by atoms with van der Waals surface area (Å²) < 4.78 is 11.6. The van der Waals surface area contributed by atoms with E-state index in [9.17, 15) is 14.4 Å². The van der Waals surface area contributed by atoms with Crippen molar-refractivity contribution >= 4 is 55.7 Å². The van der Waals surface area contributed by atoms with Gasteiger partial charge in [0.15, 0.2) is 10.4 Å². The third-order valence-corrected chi connectivity index (χ3v) is 5.06. The second-order valence-electron chi connectivity index (χ2n) is 6.50. The first-order chi connectivity index (χ1) is 15.4. The van der Waals surface area contributed by atoms with Gasteiger partial charge in [-0.25, -0.2) is 0 Å². The van der Waals surface area contributed by atoms with E-state index in [-0.39, 0.29) is 24.6 Å². The molecule has 0 bridgehead atoms. The van der Waals surface area contributed by atoms with Gasteiger partial charge in [0.2, 0.25) is 0 Å². The minimum absolute atomic E-state index is 0.0219. The van der Waals surface area contributed by atoms with Crippen molar-refractivity contribution in [3.8, 4) is 0 Å². The number of amides is 2. The predicted octanol–water partition coefficient (Wildman–Crippen LogP) is 4.44. The second-order valence-corrected chi connectivity index (χ2v) is 8.19. The maximum atomic E-state index is 12.7. The van der Waals surface area contributed by atoms with Crippen molar-refractivity contribution in [3.05, 3.63) is 98.5 Å². The highest BCUT2D eigenvalue weighted by molar-refractivity contribution is 9.10. The summed E-state index contributed by atoms with van der Waals surface area (Å²) in [6, 6.07) is 19.4. The van der Waals surface area contributed by atoms with Crippen LogP contribution < -0.4 is 10.6 Å². The van der Waals surface area contributed by atoms with Crippen LogP contribution in [0.15, 0.2) is 86.0 Å². The van der Waals surface area contributed by atoms with Gasteiger partial charge < -0.3 is 19.8 Å². The smallest absolute Gasteiger partial charge is 0.325 e. The first kappa shape index (κ1) is 23.5. The van der Waals surface area contributed by atoms with Crippen LogP contribution in [0, 0.1) is 0 Å². The minimum Gasteiger partial charge on any atom is -0.460 e. The zero-order chi connectivity index (χ0) is 22.9. The Balaban J connectivity index is 1.66. The van der Waals surface area contributed by atoms with Crippen LogP contribution in [0.25, 0.3) is 6.08 Å². The molecule has 0 radical (unpaired) electrons. The van der Waals surface area contributed by atoms with E-state index >= 15 is 0 Å². The largest absolute Gasteiger partial charge is 0.460 e. The van der Waals surface area contributed by atoms with Crippen LogP contribution in [-0.4, -0.2) is 24.3 Å². The van der Waals surface area contributed by atoms with E-state index in [1.165, 1.54) is 12.1 Å². The van der Waals surface area contributed by atoms with E-state index in [2.05, 4.69) is 42.5 Å². The molecule has 2 aromatic carbocycles. The monoisotopic (exact) mass is 560 g/mol. The van der Waals surface area contributed by atoms with Crippen LogP contribution in [0.2, 0.25) is 0 Å². The molecular formula is C23H18Br2N2O5. The summed E-state index contributed by atoms with van der Waals surface area (Å²) in [4.78, 5) is 37.2. The number of carbonyl (C=O) groups excluding carboxylic acids is 3. The molecule has 0 unspecified atom stereocenters. The maximum Gasteiger partial charge on any atom is 0.325 e. The maximum absolute atomic E-state index is 12.7. The molecular weight excluding hydrogens is 544 g/mol. The Morgan fingerprint density at radius 3 is 2.31 bits per heavy atom. The lowest BCUT2D eigenvalue weighted by Crippen LogP contribution is -2.37. The van der Waals surface area contributed by atoms with E-state index in [0.717, 1.165) is 10.0 Å². The number of esters is 1. The van der Waals surface area contributed by atoms with Gasteiger partial charge in [0.1, 0.15) is 18.8 Å². The molecule has 0 saturated carbocycles. The van der Waals surface area contributed by atoms with Gasteiger partial charge >= 0.3 is 5.97 Å². The predicted molar refractivity (Wildman–Crippen MR) is 125 cm³/mol. The number of ether oxygens (including phenoxy) is 1. The molecule has 2 N–H and O–H groups in total. The Kier molecular flexibility index (Phi) is 8.41. The molecule has 2 amide bonds. The molecule has 1 aromatic heterocycles. The van der Waals surface area contributed by atoms with Gasteiger partial charge in [-0.15, -0.1) is 0 Å². The normalized spacial score (nSPS) is 11.0. The SMILES string of the molecule is O=C(CNC(=O)/C(=C\c1ccc(Br)cc1)NC(=O)c1ccc(Br)o1)OCc1ccccc1. The first-order valence-electron chi connectivity index (χ1n) is 9.42. The molecule has 0 atom stereocenters. The van der Waals surface area contributed by atoms with E-state index in [1.807, 2.05) is 30.3 Å². The quantitative estimate of drug-likeness (QED) is 0.313. The van der Waals surface area contributed by atoms with Gasteiger partial charge in [0, 0.05) is 4.47 Å². The summed E-state index contributed by atoms with van der Waals surface area (Å²) >= 11 is 6.48. The Morgan fingerprint density at radius 1 is 0.938 bits per heavy atom. The minimum atomic E-state index is -0.649. The number of carbonyl (C=O) groups is 3. The lowest BCUT2D eigenvalue weighted by Gasteiger charge is -2.11. The van der Waals surface area contributed by atoms with Gasteiger partial charge in [-0.3, -0.25) is 14.4 Å². The highest BCUT2D eigenvalue weighted by Gasteiger charge is 2.18. The Morgan fingerprint density at radius 2 is 1.66 bits per heavy atom. The molecule has 1 heterocycles. The van der Waals surface area contributed by atoms with Crippen molar-refractivity contribution in [1.29, 1.82) is 0 Å². The van der Waals surface area contributed by atoms with Crippen molar-refractivity contribution in [2.45, 2.75) is 6.61 Å². The molecule has 32 heavy (non-hydrogen) atoms. The molecule has 164 valence electrons. The van der Waals surface area contributed by atoms with Crippen LogP contribution in [-0.2, 0) is 20.9 Å². The van der Waals surface area contributed by atoms with Crippen molar-refractivity contribution in [2.75, 3.05) is 6.54 Å². The van der Waals surface area contributed by atoms with Gasteiger partial charge in [-0.2, -0.15) is 0 Å².